The molecule has 98 valence electrons. The van der Waals surface area contributed by atoms with Gasteiger partial charge in [-0.1, -0.05) is 18.7 Å². The number of aromatic nitrogens is 2. The van der Waals surface area contributed by atoms with Crippen LogP contribution in [-0.2, 0) is 4.79 Å². The molecule has 1 aliphatic rings. The highest BCUT2D eigenvalue weighted by atomic mass is 32.2. The number of likely N-dealkylation sites (tertiary alicyclic amines) is 1. The fraction of sp³-hybridized carbons (Fsp3) is 0.615. The average Bonchev–Trinajstić information content (AvgIpc) is 2.39. The van der Waals surface area contributed by atoms with Gasteiger partial charge in [-0.25, -0.2) is 9.97 Å². The van der Waals surface area contributed by atoms with Crippen molar-refractivity contribution in [2.24, 2.45) is 5.92 Å². The second-order valence-electron chi connectivity index (χ2n) is 4.82. The van der Waals surface area contributed by atoms with Gasteiger partial charge in [-0.05, 0) is 31.7 Å². The Morgan fingerprint density at radius 2 is 2.22 bits per heavy atom. The minimum absolute atomic E-state index is 0.113. The van der Waals surface area contributed by atoms with Crippen molar-refractivity contribution in [3.8, 4) is 0 Å². The first-order chi connectivity index (χ1) is 8.66. The van der Waals surface area contributed by atoms with E-state index in [1.54, 1.807) is 18.5 Å². The summed E-state index contributed by atoms with van der Waals surface area (Å²) in [6, 6.07) is 1.78. The third-order valence-electron chi connectivity index (χ3n) is 3.14. The predicted octanol–water partition coefficient (Wildman–Crippen LogP) is 2.22. The van der Waals surface area contributed by atoms with Crippen molar-refractivity contribution in [1.82, 2.24) is 14.9 Å². The first kappa shape index (κ1) is 13.3. The van der Waals surface area contributed by atoms with E-state index in [0.717, 1.165) is 19.5 Å². The number of carbonyl (C=O) groups is 1. The second kappa shape index (κ2) is 6.18. The first-order valence-corrected chi connectivity index (χ1v) is 7.27. The summed E-state index contributed by atoms with van der Waals surface area (Å²) in [5, 5.41) is 0.557. The van der Waals surface area contributed by atoms with Crippen molar-refractivity contribution >= 4 is 17.7 Å². The number of amides is 1. The van der Waals surface area contributed by atoms with Crippen LogP contribution in [0.4, 0.5) is 0 Å². The molecule has 0 unspecified atom stereocenters. The molecule has 1 aliphatic heterocycles. The summed E-state index contributed by atoms with van der Waals surface area (Å²) in [5.74, 6) is 0.826. The van der Waals surface area contributed by atoms with Crippen molar-refractivity contribution < 1.29 is 4.79 Å². The quantitative estimate of drug-likeness (QED) is 0.621. The number of thioether (sulfide) groups is 1. The van der Waals surface area contributed by atoms with E-state index >= 15 is 0 Å². The Balaban J connectivity index is 1.92. The molecule has 0 spiro atoms. The summed E-state index contributed by atoms with van der Waals surface area (Å²) in [7, 11) is 0. The standard InChI is InChI=1S/C13H19N3OS/c1-10-5-3-8-16(9-10)12(17)11(2)18-13-14-6-4-7-15-13/h4,6-7,10-11H,3,5,8-9H2,1-2H3/t10-,11-/m0/s1. The van der Waals surface area contributed by atoms with E-state index in [1.807, 2.05) is 11.8 Å². The molecule has 5 heteroatoms. The van der Waals surface area contributed by atoms with Gasteiger partial charge in [0.15, 0.2) is 5.16 Å². The molecule has 0 saturated carbocycles. The maximum Gasteiger partial charge on any atom is 0.235 e. The van der Waals surface area contributed by atoms with Crippen molar-refractivity contribution in [2.45, 2.75) is 37.1 Å². The topological polar surface area (TPSA) is 46.1 Å². The van der Waals surface area contributed by atoms with Gasteiger partial charge < -0.3 is 4.90 Å². The third kappa shape index (κ3) is 3.45. The molecule has 0 aliphatic carbocycles. The third-order valence-corrected chi connectivity index (χ3v) is 4.12. The van der Waals surface area contributed by atoms with Crippen molar-refractivity contribution in [2.75, 3.05) is 13.1 Å². The minimum atomic E-state index is -0.113. The number of nitrogens with zero attached hydrogens (tertiary/aromatic N) is 3. The lowest BCUT2D eigenvalue weighted by molar-refractivity contribution is -0.131. The Morgan fingerprint density at radius 1 is 1.50 bits per heavy atom. The first-order valence-electron chi connectivity index (χ1n) is 6.39. The minimum Gasteiger partial charge on any atom is -0.341 e. The van der Waals surface area contributed by atoms with Crippen molar-refractivity contribution in [1.29, 1.82) is 0 Å². The van der Waals surface area contributed by atoms with E-state index < -0.39 is 0 Å². The Labute approximate surface area is 112 Å². The van der Waals surface area contributed by atoms with Crippen LogP contribution in [0.5, 0.6) is 0 Å². The van der Waals surface area contributed by atoms with E-state index in [9.17, 15) is 4.79 Å². The molecule has 2 rings (SSSR count). The van der Waals surface area contributed by atoms with Crippen molar-refractivity contribution in [3.05, 3.63) is 18.5 Å². The SMILES string of the molecule is C[C@H]1CCCN(C(=O)[C@H](C)Sc2ncccn2)C1. The molecule has 2 heterocycles. The van der Waals surface area contributed by atoms with E-state index in [1.165, 1.54) is 18.2 Å². The molecule has 1 aromatic heterocycles. The van der Waals surface area contributed by atoms with Gasteiger partial charge in [0.1, 0.15) is 0 Å². The van der Waals surface area contributed by atoms with Gasteiger partial charge in [-0.3, -0.25) is 4.79 Å². The molecule has 1 saturated heterocycles. The van der Waals surface area contributed by atoms with Crippen LogP contribution in [0.25, 0.3) is 0 Å². The van der Waals surface area contributed by atoms with Crippen LogP contribution in [0.1, 0.15) is 26.7 Å². The number of piperidine rings is 1. The summed E-state index contributed by atoms with van der Waals surface area (Å²) in [6.07, 6.45) is 5.75. The van der Waals surface area contributed by atoms with Crippen LogP contribution in [0.2, 0.25) is 0 Å². The number of hydrogen-bond donors (Lipinski definition) is 0. The summed E-state index contributed by atoms with van der Waals surface area (Å²) < 4.78 is 0. The lowest BCUT2D eigenvalue weighted by Crippen LogP contribution is -2.42. The highest BCUT2D eigenvalue weighted by molar-refractivity contribution is 8.00. The number of hydrogen-bond acceptors (Lipinski definition) is 4. The maximum absolute atomic E-state index is 12.3. The van der Waals surface area contributed by atoms with Gasteiger partial charge in [0.05, 0.1) is 5.25 Å². The largest absolute Gasteiger partial charge is 0.341 e. The van der Waals surface area contributed by atoms with E-state index in [0.29, 0.717) is 11.1 Å². The molecule has 1 amide bonds. The summed E-state index contributed by atoms with van der Waals surface area (Å²) in [4.78, 5) is 22.6. The van der Waals surface area contributed by atoms with Crippen LogP contribution in [0.3, 0.4) is 0 Å². The molecular formula is C13H19N3OS. The van der Waals surface area contributed by atoms with E-state index in [2.05, 4.69) is 16.9 Å². The molecule has 1 fully saturated rings. The monoisotopic (exact) mass is 265 g/mol. The lowest BCUT2D eigenvalue weighted by Gasteiger charge is -2.32. The van der Waals surface area contributed by atoms with Crippen LogP contribution in [0.15, 0.2) is 23.6 Å². The second-order valence-corrected chi connectivity index (χ2v) is 6.13. The van der Waals surface area contributed by atoms with Crippen LogP contribution >= 0.6 is 11.8 Å². The van der Waals surface area contributed by atoms with Gasteiger partial charge in [0.25, 0.3) is 0 Å². The molecule has 0 radical (unpaired) electrons. The highest BCUT2D eigenvalue weighted by Crippen LogP contribution is 2.23. The molecular weight excluding hydrogens is 246 g/mol. The molecule has 0 N–H and O–H groups in total. The Bertz CT molecular complexity index is 398. The van der Waals surface area contributed by atoms with Gasteiger partial charge in [0, 0.05) is 25.5 Å². The number of rotatable bonds is 3. The average molecular weight is 265 g/mol. The molecule has 4 nitrogen and oxygen atoms in total. The Hall–Kier alpha value is -1.10. The van der Waals surface area contributed by atoms with Crippen molar-refractivity contribution in [3.63, 3.8) is 0 Å². The highest BCUT2D eigenvalue weighted by Gasteiger charge is 2.25. The normalized spacial score (nSPS) is 21.7. The number of carbonyl (C=O) groups excluding carboxylic acids is 1. The Kier molecular flexibility index (Phi) is 4.58. The van der Waals surface area contributed by atoms with E-state index in [4.69, 9.17) is 0 Å². The molecule has 1 aromatic rings. The molecule has 0 bridgehead atoms. The fourth-order valence-electron chi connectivity index (χ4n) is 2.20. The lowest BCUT2D eigenvalue weighted by atomic mass is 10.0. The summed E-state index contributed by atoms with van der Waals surface area (Å²) in [6.45, 7) is 5.92. The fourth-order valence-corrected chi connectivity index (χ4v) is 3.01. The molecule has 0 aromatic carbocycles. The predicted molar refractivity (Wildman–Crippen MR) is 72.3 cm³/mol. The summed E-state index contributed by atoms with van der Waals surface area (Å²) in [5.41, 5.74) is 0. The zero-order valence-corrected chi connectivity index (χ0v) is 11.7. The van der Waals surface area contributed by atoms with Gasteiger partial charge in [0.2, 0.25) is 5.91 Å². The molecule has 2 atom stereocenters. The Morgan fingerprint density at radius 3 is 2.89 bits per heavy atom. The summed E-state index contributed by atoms with van der Waals surface area (Å²) >= 11 is 1.43. The van der Waals surface area contributed by atoms with Crippen LogP contribution in [-0.4, -0.2) is 39.1 Å². The van der Waals surface area contributed by atoms with E-state index in [-0.39, 0.29) is 11.2 Å². The maximum atomic E-state index is 12.3. The zero-order valence-electron chi connectivity index (χ0n) is 10.9. The van der Waals surface area contributed by atoms with Gasteiger partial charge >= 0.3 is 0 Å². The van der Waals surface area contributed by atoms with Crippen LogP contribution in [0, 0.1) is 5.92 Å². The zero-order chi connectivity index (χ0) is 13.0. The van der Waals surface area contributed by atoms with Gasteiger partial charge in [-0.15, -0.1) is 0 Å². The van der Waals surface area contributed by atoms with Gasteiger partial charge in [-0.2, -0.15) is 0 Å². The molecule has 18 heavy (non-hydrogen) atoms. The van der Waals surface area contributed by atoms with Crippen LogP contribution < -0.4 is 0 Å². The smallest absolute Gasteiger partial charge is 0.235 e.